The van der Waals surface area contributed by atoms with E-state index in [0.29, 0.717) is 17.4 Å². The van der Waals surface area contributed by atoms with Crippen LogP contribution in [0.15, 0.2) is 24.3 Å². The van der Waals surface area contributed by atoms with Crippen LogP contribution in [0.25, 0.3) is 0 Å². The van der Waals surface area contributed by atoms with Gasteiger partial charge in [-0.15, -0.1) is 0 Å². The first-order valence-corrected chi connectivity index (χ1v) is 26.5. The molecule has 354 valence electrons. The summed E-state index contributed by atoms with van der Waals surface area (Å²) in [7, 11) is 1.17. The van der Waals surface area contributed by atoms with Crippen LogP contribution in [0, 0.1) is 0 Å². The summed E-state index contributed by atoms with van der Waals surface area (Å²) in [5.74, 6) is -0.836. The van der Waals surface area contributed by atoms with Gasteiger partial charge in [0, 0.05) is 12.8 Å². The van der Waals surface area contributed by atoms with E-state index in [2.05, 4.69) is 38.2 Å². The number of esters is 2. The third-order valence-corrected chi connectivity index (χ3v) is 11.9. The number of phosphoric ester groups is 1. The number of likely N-dealkylation sites (N-methyl/N-ethyl adjacent to an activating group) is 1. The Bertz CT molecular complexity index is 1070. The fourth-order valence-corrected chi connectivity index (χ4v) is 7.73. The van der Waals surface area contributed by atoms with Gasteiger partial charge in [0.25, 0.3) is 7.82 Å². The first-order chi connectivity index (χ1) is 29.0. The molecule has 0 aliphatic carbocycles. The van der Waals surface area contributed by atoms with Crippen molar-refractivity contribution < 1.29 is 42.1 Å². The molecule has 9 nitrogen and oxygen atoms in total. The van der Waals surface area contributed by atoms with Crippen molar-refractivity contribution in [2.45, 2.75) is 238 Å². The molecule has 0 rings (SSSR count). The Balaban J connectivity index is 4.27. The lowest BCUT2D eigenvalue weighted by Gasteiger charge is -2.28. The third-order valence-electron chi connectivity index (χ3n) is 10.9. The van der Waals surface area contributed by atoms with E-state index in [1.807, 2.05) is 21.1 Å². The quantitative estimate of drug-likeness (QED) is 0.0195. The number of carbonyl (C=O) groups is 2. The van der Waals surface area contributed by atoms with Crippen molar-refractivity contribution in [1.29, 1.82) is 0 Å². The Morgan fingerprint density at radius 1 is 0.500 bits per heavy atom. The highest BCUT2D eigenvalue weighted by Gasteiger charge is 2.21. The lowest BCUT2D eigenvalue weighted by Crippen LogP contribution is -2.37. The van der Waals surface area contributed by atoms with E-state index in [1.54, 1.807) is 0 Å². The van der Waals surface area contributed by atoms with Crippen LogP contribution < -0.4 is 4.89 Å². The lowest BCUT2D eigenvalue weighted by atomic mass is 10.1. The van der Waals surface area contributed by atoms with Gasteiger partial charge >= 0.3 is 11.9 Å². The van der Waals surface area contributed by atoms with Crippen LogP contribution in [0.1, 0.15) is 232 Å². The molecule has 0 fully saturated rings. The minimum absolute atomic E-state index is 0.0309. The average Bonchev–Trinajstić information content (AvgIpc) is 3.20. The van der Waals surface area contributed by atoms with Crippen molar-refractivity contribution in [1.82, 2.24) is 0 Å². The summed E-state index contributed by atoms with van der Waals surface area (Å²) >= 11 is 0. The molecule has 0 aliphatic heterocycles. The highest BCUT2D eigenvalue weighted by molar-refractivity contribution is 7.45. The molecule has 0 heterocycles. The molecule has 2 atom stereocenters. The van der Waals surface area contributed by atoms with Crippen LogP contribution in [0.4, 0.5) is 0 Å². The maximum atomic E-state index is 12.7. The zero-order chi connectivity index (χ0) is 44.3. The molecular formula is C50H96NO8P. The van der Waals surface area contributed by atoms with Gasteiger partial charge in [0.15, 0.2) is 6.10 Å². The molecule has 0 saturated heterocycles. The number of nitrogens with zero attached hydrogens (tertiary/aromatic N) is 1. The number of rotatable bonds is 46. The first kappa shape index (κ1) is 58.5. The minimum atomic E-state index is -4.63. The molecule has 0 aromatic heterocycles. The number of unbranched alkanes of at least 4 members (excludes halogenated alkanes) is 28. The second kappa shape index (κ2) is 42.8. The number of carbonyl (C=O) groups excluding carboxylic acids is 2. The Kier molecular flexibility index (Phi) is 41.7. The van der Waals surface area contributed by atoms with E-state index in [0.717, 1.165) is 57.8 Å². The molecule has 0 aromatic rings. The van der Waals surface area contributed by atoms with Gasteiger partial charge in [-0.05, 0) is 64.2 Å². The van der Waals surface area contributed by atoms with E-state index < -0.39 is 26.5 Å². The fourth-order valence-electron chi connectivity index (χ4n) is 7.00. The van der Waals surface area contributed by atoms with Gasteiger partial charge in [0.2, 0.25) is 0 Å². The summed E-state index contributed by atoms with van der Waals surface area (Å²) < 4.78 is 34.0. The van der Waals surface area contributed by atoms with Crippen molar-refractivity contribution in [3.63, 3.8) is 0 Å². The van der Waals surface area contributed by atoms with Gasteiger partial charge in [-0.1, -0.05) is 179 Å². The highest BCUT2D eigenvalue weighted by atomic mass is 31.2. The topological polar surface area (TPSA) is 111 Å². The van der Waals surface area contributed by atoms with E-state index in [4.69, 9.17) is 18.5 Å². The van der Waals surface area contributed by atoms with E-state index in [9.17, 15) is 19.0 Å². The van der Waals surface area contributed by atoms with Crippen LogP contribution in [0.2, 0.25) is 0 Å². The van der Waals surface area contributed by atoms with E-state index in [1.165, 1.54) is 141 Å². The predicted octanol–water partition coefficient (Wildman–Crippen LogP) is 14.1. The van der Waals surface area contributed by atoms with Gasteiger partial charge in [0.05, 0.1) is 27.7 Å². The van der Waals surface area contributed by atoms with Crippen LogP contribution >= 0.6 is 7.82 Å². The monoisotopic (exact) mass is 870 g/mol. The predicted molar refractivity (Wildman–Crippen MR) is 250 cm³/mol. The summed E-state index contributed by atoms with van der Waals surface area (Å²) in [6.07, 6.45) is 47.7. The van der Waals surface area contributed by atoms with Gasteiger partial charge < -0.3 is 27.9 Å². The standard InChI is InChI=1S/C50H96NO8P/c1-6-8-10-12-14-16-18-20-22-24-26-28-30-32-34-36-38-40-42-49(52)56-46-48(47-58-60(54,55)57-45-44-51(3,4)5)59-50(53)43-41-39-37-35-33-31-29-27-25-23-21-19-17-15-13-11-9-7-2/h22-25,48H,6-21,26-47H2,1-5H3/b24-22-,25-23-. The second-order valence-electron chi connectivity index (χ2n) is 18.2. The highest BCUT2D eigenvalue weighted by Crippen LogP contribution is 2.38. The number of quaternary nitrogens is 1. The van der Waals surface area contributed by atoms with Gasteiger partial charge in [-0.2, -0.15) is 0 Å². The smallest absolute Gasteiger partial charge is 0.306 e. The zero-order valence-electron chi connectivity index (χ0n) is 39.9. The molecule has 0 bridgehead atoms. The largest absolute Gasteiger partial charge is 0.756 e. The van der Waals surface area contributed by atoms with Gasteiger partial charge in [-0.25, -0.2) is 0 Å². The molecule has 60 heavy (non-hydrogen) atoms. The summed E-state index contributed by atoms with van der Waals surface area (Å²) in [5.41, 5.74) is 0. The molecule has 10 heteroatoms. The molecule has 0 N–H and O–H groups in total. The molecule has 0 radical (unpaired) electrons. The second-order valence-corrected chi connectivity index (χ2v) is 19.6. The maximum absolute atomic E-state index is 12.7. The molecule has 0 amide bonds. The lowest BCUT2D eigenvalue weighted by molar-refractivity contribution is -0.870. The summed E-state index contributed by atoms with van der Waals surface area (Å²) in [6.45, 7) is 4.24. The van der Waals surface area contributed by atoms with Crippen LogP contribution in [0.5, 0.6) is 0 Å². The first-order valence-electron chi connectivity index (χ1n) is 25.0. The number of hydrogen-bond donors (Lipinski definition) is 0. The van der Waals surface area contributed by atoms with E-state index in [-0.39, 0.29) is 32.0 Å². The molecule has 0 aromatic carbocycles. The Morgan fingerprint density at radius 3 is 1.23 bits per heavy atom. The molecule has 0 spiro atoms. The fraction of sp³-hybridized carbons (Fsp3) is 0.880. The third kappa shape index (κ3) is 46.0. The Hall–Kier alpha value is -1.51. The number of hydrogen-bond acceptors (Lipinski definition) is 8. The van der Waals surface area contributed by atoms with Crippen molar-refractivity contribution in [2.75, 3.05) is 47.5 Å². The van der Waals surface area contributed by atoms with Crippen molar-refractivity contribution in [3.8, 4) is 0 Å². The number of ether oxygens (including phenoxy) is 2. The van der Waals surface area contributed by atoms with Crippen LogP contribution in [-0.2, 0) is 32.7 Å². The average molecular weight is 870 g/mol. The summed E-state index contributed by atoms with van der Waals surface area (Å²) in [6, 6.07) is 0. The molecule has 0 saturated carbocycles. The van der Waals surface area contributed by atoms with Crippen molar-refractivity contribution in [2.24, 2.45) is 0 Å². The van der Waals surface area contributed by atoms with Crippen molar-refractivity contribution in [3.05, 3.63) is 24.3 Å². The van der Waals surface area contributed by atoms with Crippen LogP contribution in [-0.4, -0.2) is 70.0 Å². The van der Waals surface area contributed by atoms with Crippen LogP contribution in [0.3, 0.4) is 0 Å². The number of allylic oxidation sites excluding steroid dienone is 4. The van der Waals surface area contributed by atoms with Gasteiger partial charge in [0.1, 0.15) is 19.8 Å². The Morgan fingerprint density at radius 2 is 0.850 bits per heavy atom. The molecular weight excluding hydrogens is 774 g/mol. The zero-order valence-corrected chi connectivity index (χ0v) is 40.8. The maximum Gasteiger partial charge on any atom is 0.306 e. The number of phosphoric acid groups is 1. The van der Waals surface area contributed by atoms with Gasteiger partial charge in [-0.3, -0.25) is 14.2 Å². The molecule has 2 unspecified atom stereocenters. The summed E-state index contributed by atoms with van der Waals surface area (Å²) in [4.78, 5) is 37.7. The van der Waals surface area contributed by atoms with Crippen molar-refractivity contribution >= 4 is 19.8 Å². The Labute approximate surface area is 370 Å². The molecule has 0 aliphatic rings. The minimum Gasteiger partial charge on any atom is -0.756 e. The van der Waals surface area contributed by atoms with E-state index >= 15 is 0 Å². The SMILES string of the molecule is CCCCCCCCC/C=C\CCCCCCCCCC(=O)OCC(COP(=O)([O-])OCC[N+](C)(C)C)OC(=O)CCCCCCCCC/C=C\CCCCCCCCC. The summed E-state index contributed by atoms with van der Waals surface area (Å²) in [5, 5.41) is 0. The normalized spacial score (nSPS) is 13.6.